The van der Waals surface area contributed by atoms with Gasteiger partial charge in [-0.3, -0.25) is 4.21 Å². The van der Waals surface area contributed by atoms with Crippen molar-refractivity contribution >= 4 is 22.2 Å². The molecule has 6 heteroatoms. The van der Waals surface area contributed by atoms with Gasteiger partial charge in [-0.25, -0.2) is 8.78 Å². The zero-order chi connectivity index (χ0) is 12.3. The number of benzene rings is 1. The maximum absolute atomic E-state index is 13.3. The van der Waals surface area contributed by atoms with Crippen LogP contribution in [0.2, 0.25) is 0 Å². The lowest BCUT2D eigenvalue weighted by Crippen LogP contribution is -2.21. The van der Waals surface area contributed by atoms with E-state index >= 15 is 0 Å². The lowest BCUT2D eigenvalue weighted by Gasteiger charge is -2.12. The second-order valence-electron chi connectivity index (χ2n) is 3.55. The normalized spacial score (nSPS) is 14.5. The molecule has 2 atom stereocenters. The largest absolute Gasteiger partial charge is 0.399 e. The second-order valence-corrected chi connectivity index (χ2v) is 5.35. The molecule has 1 aromatic rings. The minimum Gasteiger partial charge on any atom is -0.399 e. The third-order valence-corrected chi connectivity index (χ3v) is 3.50. The maximum atomic E-state index is 13.3. The number of nitrogen functional groups attached to an aromatic ring is 1. The first-order chi connectivity index (χ1) is 7.41. The molecule has 0 spiro atoms. The first-order valence-corrected chi connectivity index (χ1v) is 6.34. The lowest BCUT2D eigenvalue weighted by atomic mass is 10.2. The molecule has 0 fully saturated rings. The molecule has 0 saturated carbocycles. The lowest BCUT2D eigenvalue weighted by molar-refractivity contribution is 0.589. The van der Waals surface area contributed by atoms with Gasteiger partial charge >= 0.3 is 0 Å². The van der Waals surface area contributed by atoms with Gasteiger partial charge < -0.3 is 11.1 Å². The summed E-state index contributed by atoms with van der Waals surface area (Å²) >= 11 is 0. The molecule has 3 N–H and O–H groups in total. The van der Waals surface area contributed by atoms with Gasteiger partial charge in [0.05, 0.1) is 0 Å². The fourth-order valence-electron chi connectivity index (χ4n) is 1.12. The van der Waals surface area contributed by atoms with Crippen LogP contribution in [0, 0.1) is 11.6 Å². The molecule has 0 amide bonds. The van der Waals surface area contributed by atoms with Gasteiger partial charge in [-0.1, -0.05) is 0 Å². The van der Waals surface area contributed by atoms with Gasteiger partial charge in [0.15, 0.2) is 11.6 Å². The van der Waals surface area contributed by atoms with E-state index in [1.54, 1.807) is 13.2 Å². The Bertz CT molecular complexity index is 389. The monoisotopic (exact) mass is 248 g/mol. The number of rotatable bonds is 4. The average Bonchev–Trinajstić information content (AvgIpc) is 2.15. The summed E-state index contributed by atoms with van der Waals surface area (Å²) in [6.45, 7) is 1.97. The molecule has 16 heavy (non-hydrogen) atoms. The molecule has 0 bridgehead atoms. The van der Waals surface area contributed by atoms with Gasteiger partial charge in [-0.15, -0.1) is 0 Å². The van der Waals surface area contributed by atoms with E-state index in [4.69, 9.17) is 5.73 Å². The van der Waals surface area contributed by atoms with Crippen LogP contribution in [0.1, 0.15) is 6.92 Å². The van der Waals surface area contributed by atoms with E-state index < -0.39 is 22.4 Å². The minimum absolute atomic E-state index is 0.0349. The third-order valence-electron chi connectivity index (χ3n) is 2.20. The number of halogens is 2. The second kappa shape index (κ2) is 5.25. The van der Waals surface area contributed by atoms with Gasteiger partial charge in [0, 0.05) is 34.5 Å². The summed E-state index contributed by atoms with van der Waals surface area (Å²) in [5.74, 6) is -1.49. The van der Waals surface area contributed by atoms with Crippen molar-refractivity contribution in [3.63, 3.8) is 0 Å². The Labute approximate surface area is 95.5 Å². The molecule has 0 aliphatic carbocycles. The summed E-state index contributed by atoms with van der Waals surface area (Å²) < 4.78 is 37.7. The Balaban J connectivity index is 2.78. The van der Waals surface area contributed by atoms with Gasteiger partial charge in [-0.2, -0.15) is 0 Å². The molecule has 2 unspecified atom stereocenters. The first kappa shape index (κ1) is 12.9. The van der Waals surface area contributed by atoms with Gasteiger partial charge in [0.2, 0.25) is 0 Å². The molecule has 0 saturated heterocycles. The van der Waals surface area contributed by atoms with Crippen molar-refractivity contribution in [2.24, 2.45) is 0 Å². The highest BCUT2D eigenvalue weighted by Gasteiger charge is 2.12. The van der Waals surface area contributed by atoms with Crippen LogP contribution in [0.3, 0.4) is 0 Å². The van der Waals surface area contributed by atoms with Crippen LogP contribution in [-0.4, -0.2) is 22.3 Å². The molecule has 0 aliphatic heterocycles. The van der Waals surface area contributed by atoms with Crippen molar-refractivity contribution < 1.29 is 13.0 Å². The Morgan fingerprint density at radius 2 is 1.94 bits per heavy atom. The van der Waals surface area contributed by atoms with Crippen molar-refractivity contribution in [2.45, 2.75) is 12.2 Å². The Morgan fingerprint density at radius 1 is 1.44 bits per heavy atom. The van der Waals surface area contributed by atoms with Crippen molar-refractivity contribution in [3.8, 4) is 0 Å². The van der Waals surface area contributed by atoms with Crippen LogP contribution in [0.15, 0.2) is 12.1 Å². The van der Waals surface area contributed by atoms with Gasteiger partial charge in [-0.05, 0) is 19.1 Å². The molecule has 0 heterocycles. The molecular formula is C10H14F2N2OS. The smallest absolute Gasteiger partial charge is 0.151 e. The first-order valence-electron chi connectivity index (χ1n) is 4.72. The van der Waals surface area contributed by atoms with Crippen molar-refractivity contribution in [3.05, 3.63) is 23.8 Å². The number of hydrogen-bond donors (Lipinski definition) is 2. The summed E-state index contributed by atoms with van der Waals surface area (Å²) in [6.07, 6.45) is 1.54. The van der Waals surface area contributed by atoms with Gasteiger partial charge in [0.25, 0.3) is 0 Å². The van der Waals surface area contributed by atoms with Crippen LogP contribution in [0.4, 0.5) is 20.2 Å². The number of nitrogens with two attached hydrogens (primary N) is 1. The quantitative estimate of drug-likeness (QED) is 0.798. The van der Waals surface area contributed by atoms with E-state index in [0.29, 0.717) is 0 Å². The topological polar surface area (TPSA) is 55.1 Å². The number of nitrogens with one attached hydrogen (secondary N) is 1. The van der Waals surface area contributed by atoms with Crippen LogP contribution >= 0.6 is 0 Å². The van der Waals surface area contributed by atoms with Crippen molar-refractivity contribution in [2.75, 3.05) is 23.9 Å². The number of hydrogen-bond acceptors (Lipinski definition) is 3. The van der Waals surface area contributed by atoms with E-state index in [0.717, 1.165) is 12.1 Å². The summed E-state index contributed by atoms with van der Waals surface area (Å²) in [7, 11) is -1.03. The highest BCUT2D eigenvalue weighted by molar-refractivity contribution is 7.84. The van der Waals surface area contributed by atoms with Crippen LogP contribution in [-0.2, 0) is 10.8 Å². The minimum atomic E-state index is -1.03. The zero-order valence-electron chi connectivity index (χ0n) is 9.09. The van der Waals surface area contributed by atoms with E-state index in [-0.39, 0.29) is 23.2 Å². The van der Waals surface area contributed by atoms with E-state index in [1.807, 2.05) is 0 Å². The van der Waals surface area contributed by atoms with E-state index in [2.05, 4.69) is 5.32 Å². The summed E-state index contributed by atoms with van der Waals surface area (Å²) in [6, 6.07) is 2.08. The molecule has 1 aromatic carbocycles. The average molecular weight is 248 g/mol. The fourth-order valence-corrected chi connectivity index (χ4v) is 1.44. The summed E-state index contributed by atoms with van der Waals surface area (Å²) in [5, 5.41) is 2.41. The highest BCUT2D eigenvalue weighted by atomic mass is 32.2. The standard InChI is InChI=1S/C10H14F2N2OS/c1-6(16(2)15)5-14-10-8(11)3-7(13)4-9(10)12/h3-4,6,14H,5,13H2,1-2H3. The van der Waals surface area contributed by atoms with Crippen molar-refractivity contribution in [1.29, 1.82) is 0 Å². The zero-order valence-corrected chi connectivity index (χ0v) is 9.91. The molecule has 90 valence electrons. The Hall–Kier alpha value is -1.17. The SMILES string of the molecule is CC(CNc1c(F)cc(N)cc1F)S(C)=O. The van der Waals surface area contributed by atoms with Crippen LogP contribution in [0.5, 0.6) is 0 Å². The summed E-state index contributed by atoms with van der Waals surface area (Å²) in [5.41, 5.74) is 5.08. The maximum Gasteiger partial charge on any atom is 0.151 e. The third kappa shape index (κ3) is 3.16. The predicted octanol–water partition coefficient (Wildman–Crippen LogP) is 1.73. The molecule has 0 aromatic heterocycles. The highest BCUT2D eigenvalue weighted by Crippen LogP contribution is 2.21. The van der Waals surface area contributed by atoms with Gasteiger partial charge in [0.1, 0.15) is 5.69 Å². The molecule has 1 rings (SSSR count). The molecule has 0 radical (unpaired) electrons. The summed E-state index contributed by atoms with van der Waals surface area (Å²) in [4.78, 5) is 0. The van der Waals surface area contributed by atoms with Crippen LogP contribution in [0.25, 0.3) is 0 Å². The molecular weight excluding hydrogens is 234 g/mol. The predicted molar refractivity (Wildman–Crippen MR) is 62.8 cm³/mol. The molecule has 3 nitrogen and oxygen atoms in total. The van der Waals surface area contributed by atoms with E-state index in [9.17, 15) is 13.0 Å². The van der Waals surface area contributed by atoms with Crippen LogP contribution < -0.4 is 11.1 Å². The van der Waals surface area contributed by atoms with Crippen molar-refractivity contribution in [1.82, 2.24) is 0 Å². The Morgan fingerprint density at radius 3 is 2.38 bits per heavy atom. The molecule has 0 aliphatic rings. The van der Waals surface area contributed by atoms with E-state index in [1.165, 1.54) is 0 Å². The number of anilines is 2. The Kier molecular flexibility index (Phi) is 4.23. The fraction of sp³-hybridized carbons (Fsp3) is 0.400.